The lowest BCUT2D eigenvalue weighted by Crippen LogP contribution is -2.08. The first-order valence-electron chi connectivity index (χ1n) is 4.43. The number of rotatable bonds is 1. The second kappa shape index (κ2) is 3.57. The highest BCUT2D eigenvalue weighted by atomic mass is 16.7. The highest BCUT2D eigenvalue weighted by molar-refractivity contribution is 5.71. The molecule has 1 heterocycles. The molecule has 2 rings (SSSR count). The van der Waals surface area contributed by atoms with Crippen LogP contribution in [0.5, 0.6) is 5.75 Å². The van der Waals surface area contributed by atoms with Gasteiger partial charge in [-0.15, -0.1) is 0 Å². The van der Waals surface area contributed by atoms with Gasteiger partial charge in [-0.25, -0.2) is 4.79 Å². The van der Waals surface area contributed by atoms with Crippen molar-refractivity contribution < 1.29 is 14.3 Å². The number of carbonyl (C=O) groups is 1. The second-order valence-electron chi connectivity index (χ2n) is 3.02. The van der Waals surface area contributed by atoms with Crippen LogP contribution in [0.25, 0.3) is 0 Å². The molecule has 0 unspecified atom stereocenters. The topological polar surface area (TPSA) is 47.6 Å². The number of benzene rings is 1. The summed E-state index contributed by atoms with van der Waals surface area (Å²) >= 11 is 0. The van der Waals surface area contributed by atoms with Gasteiger partial charge >= 0.3 is 6.16 Å². The zero-order valence-corrected chi connectivity index (χ0v) is 7.87. The lowest BCUT2D eigenvalue weighted by atomic mass is 10.1. The molecule has 0 aromatic heterocycles. The Morgan fingerprint density at radius 3 is 3.14 bits per heavy atom. The van der Waals surface area contributed by atoms with Gasteiger partial charge in [-0.05, 0) is 18.1 Å². The van der Waals surface area contributed by atoms with E-state index in [2.05, 4.69) is 10.1 Å². The average molecular weight is 193 g/mol. The van der Waals surface area contributed by atoms with E-state index in [1.54, 1.807) is 6.07 Å². The summed E-state index contributed by atoms with van der Waals surface area (Å²) in [5, 5.41) is 3.17. The van der Waals surface area contributed by atoms with Gasteiger partial charge in [-0.2, -0.15) is 0 Å². The number of nitrogens with one attached hydrogen (secondary N) is 1. The fourth-order valence-corrected chi connectivity index (χ4v) is 1.52. The maximum absolute atomic E-state index is 10.9. The van der Waals surface area contributed by atoms with Crippen LogP contribution >= 0.6 is 0 Å². The lowest BCUT2D eigenvalue weighted by molar-refractivity contribution is 0.121. The number of ether oxygens (including phenoxy) is 2. The molecule has 14 heavy (non-hydrogen) atoms. The first kappa shape index (κ1) is 8.87. The second-order valence-corrected chi connectivity index (χ2v) is 3.02. The summed E-state index contributed by atoms with van der Waals surface area (Å²) in [6, 6.07) is 5.62. The van der Waals surface area contributed by atoms with E-state index in [1.165, 1.54) is 12.7 Å². The molecule has 0 radical (unpaired) electrons. The fraction of sp³-hybridized carbons (Fsp3) is 0.300. The van der Waals surface area contributed by atoms with Crippen LogP contribution in [-0.4, -0.2) is 19.8 Å². The zero-order chi connectivity index (χ0) is 9.97. The molecule has 1 aromatic rings. The fourth-order valence-electron chi connectivity index (χ4n) is 1.52. The van der Waals surface area contributed by atoms with E-state index >= 15 is 0 Å². The van der Waals surface area contributed by atoms with E-state index in [0.29, 0.717) is 5.75 Å². The van der Waals surface area contributed by atoms with E-state index in [4.69, 9.17) is 4.74 Å². The summed E-state index contributed by atoms with van der Waals surface area (Å²) in [6.07, 6.45) is 0.278. The van der Waals surface area contributed by atoms with Gasteiger partial charge in [0.1, 0.15) is 0 Å². The molecule has 1 aliphatic rings. The van der Waals surface area contributed by atoms with Gasteiger partial charge in [-0.1, -0.05) is 12.1 Å². The molecule has 4 heteroatoms. The summed E-state index contributed by atoms with van der Waals surface area (Å²) in [4.78, 5) is 10.9. The van der Waals surface area contributed by atoms with Gasteiger partial charge in [0, 0.05) is 6.54 Å². The average Bonchev–Trinajstić information content (AvgIpc) is 2.66. The Bertz CT molecular complexity index is 362. The molecule has 0 atom stereocenters. The Balaban J connectivity index is 2.26. The molecule has 0 amide bonds. The summed E-state index contributed by atoms with van der Waals surface area (Å²) < 4.78 is 9.41. The maximum atomic E-state index is 10.9. The van der Waals surface area contributed by atoms with Crippen LogP contribution in [0.3, 0.4) is 0 Å². The highest BCUT2D eigenvalue weighted by Gasteiger charge is 2.16. The molecule has 1 aliphatic heterocycles. The quantitative estimate of drug-likeness (QED) is 0.545. The smallest absolute Gasteiger partial charge is 0.437 e. The Kier molecular flexibility index (Phi) is 2.26. The van der Waals surface area contributed by atoms with Crippen LogP contribution in [0, 0.1) is 0 Å². The number of para-hydroxylation sites is 1. The van der Waals surface area contributed by atoms with Gasteiger partial charge < -0.3 is 14.8 Å². The van der Waals surface area contributed by atoms with Crippen LogP contribution in [0.4, 0.5) is 10.5 Å². The molecule has 0 aliphatic carbocycles. The molecule has 4 nitrogen and oxygen atoms in total. The maximum Gasteiger partial charge on any atom is 0.513 e. The monoisotopic (exact) mass is 193 g/mol. The number of hydrogen-bond acceptors (Lipinski definition) is 4. The minimum atomic E-state index is -0.688. The van der Waals surface area contributed by atoms with Crippen LogP contribution in [0.2, 0.25) is 0 Å². The van der Waals surface area contributed by atoms with Gasteiger partial charge in [0.05, 0.1) is 12.8 Å². The van der Waals surface area contributed by atoms with E-state index in [9.17, 15) is 4.79 Å². The minimum Gasteiger partial charge on any atom is -0.437 e. The predicted molar refractivity (Wildman–Crippen MR) is 51.7 cm³/mol. The first-order chi connectivity index (χ1) is 6.81. The molecule has 0 spiro atoms. The number of carbonyl (C=O) groups excluding carboxylic acids is 1. The molecule has 0 saturated heterocycles. The molecular formula is C10H11NO3. The van der Waals surface area contributed by atoms with Crippen molar-refractivity contribution in [1.82, 2.24) is 0 Å². The Morgan fingerprint density at radius 1 is 1.50 bits per heavy atom. The zero-order valence-electron chi connectivity index (χ0n) is 7.87. The Morgan fingerprint density at radius 2 is 2.36 bits per heavy atom. The molecular weight excluding hydrogens is 182 g/mol. The van der Waals surface area contributed by atoms with Crippen molar-refractivity contribution >= 4 is 11.8 Å². The van der Waals surface area contributed by atoms with E-state index in [-0.39, 0.29) is 0 Å². The largest absolute Gasteiger partial charge is 0.513 e. The molecule has 0 saturated carbocycles. The first-order valence-corrected chi connectivity index (χ1v) is 4.43. The highest BCUT2D eigenvalue weighted by Crippen LogP contribution is 2.32. The summed E-state index contributed by atoms with van der Waals surface area (Å²) in [7, 11) is 1.29. The van der Waals surface area contributed by atoms with Gasteiger partial charge in [0.25, 0.3) is 0 Å². The predicted octanol–water partition coefficient (Wildman–Crippen LogP) is 1.80. The van der Waals surface area contributed by atoms with Crippen molar-refractivity contribution in [1.29, 1.82) is 0 Å². The summed E-state index contributed by atoms with van der Waals surface area (Å²) in [6.45, 7) is 0.886. The van der Waals surface area contributed by atoms with E-state index in [0.717, 1.165) is 18.7 Å². The number of hydrogen-bond donors (Lipinski definition) is 1. The number of methoxy groups -OCH3 is 1. The standard InChI is InChI=1S/C10H11NO3/c1-13-10(12)14-8-4-2-3-7-5-6-11-9(7)8/h2-4,11H,5-6H2,1H3. The summed E-state index contributed by atoms with van der Waals surface area (Å²) in [5.41, 5.74) is 2.07. The normalized spacial score (nSPS) is 12.9. The molecule has 0 bridgehead atoms. The summed E-state index contributed by atoms with van der Waals surface area (Å²) in [5.74, 6) is 0.534. The Labute approximate surface area is 81.8 Å². The van der Waals surface area contributed by atoms with Crippen molar-refractivity contribution in [3.63, 3.8) is 0 Å². The van der Waals surface area contributed by atoms with Crippen LogP contribution < -0.4 is 10.1 Å². The minimum absolute atomic E-state index is 0.534. The molecule has 0 fully saturated rings. The van der Waals surface area contributed by atoms with Crippen molar-refractivity contribution in [2.75, 3.05) is 19.0 Å². The van der Waals surface area contributed by atoms with Crippen LogP contribution in [0.15, 0.2) is 18.2 Å². The lowest BCUT2D eigenvalue weighted by Gasteiger charge is -2.07. The molecule has 74 valence electrons. The van der Waals surface area contributed by atoms with Gasteiger partial charge in [-0.3, -0.25) is 0 Å². The van der Waals surface area contributed by atoms with E-state index in [1.807, 2.05) is 12.1 Å². The van der Waals surface area contributed by atoms with Crippen molar-refractivity contribution in [3.8, 4) is 5.75 Å². The van der Waals surface area contributed by atoms with E-state index < -0.39 is 6.16 Å². The van der Waals surface area contributed by atoms with Gasteiger partial charge in [0.2, 0.25) is 0 Å². The van der Waals surface area contributed by atoms with Gasteiger partial charge in [0.15, 0.2) is 5.75 Å². The SMILES string of the molecule is COC(=O)Oc1cccc2c1NCC2. The van der Waals surface area contributed by atoms with Crippen LogP contribution in [0.1, 0.15) is 5.56 Å². The number of fused-ring (bicyclic) bond motifs is 1. The Hall–Kier alpha value is -1.71. The van der Waals surface area contributed by atoms with Crippen molar-refractivity contribution in [2.24, 2.45) is 0 Å². The van der Waals surface area contributed by atoms with Crippen molar-refractivity contribution in [3.05, 3.63) is 23.8 Å². The third kappa shape index (κ3) is 1.51. The third-order valence-corrected chi connectivity index (χ3v) is 2.17. The van der Waals surface area contributed by atoms with Crippen molar-refractivity contribution in [2.45, 2.75) is 6.42 Å². The third-order valence-electron chi connectivity index (χ3n) is 2.17. The molecule has 1 N–H and O–H groups in total. The van der Waals surface area contributed by atoms with Crippen LogP contribution in [-0.2, 0) is 11.2 Å². The molecule has 1 aromatic carbocycles. The number of anilines is 1.